The standard InChI is InChI=1S/C54H37N3S2/c1-6-20-38(21-7-1)55(39-22-8-2-9-23-39)43-34-47-45-30-16-18-32-51(45)59-54(47)50(36-43)57(42-28-14-5-15-29-42)44-35-48-46-31-17-19-33-52(46)58-53(48)49(37-44)56(40-24-10-3-11-25-40)41-26-12-4-13-27-41/h1-37H. The molecule has 0 radical (unpaired) electrons. The van der Waals surface area contributed by atoms with Crippen LogP contribution < -0.4 is 14.7 Å². The van der Waals surface area contributed by atoms with E-state index in [9.17, 15) is 0 Å². The first-order valence-corrected chi connectivity index (χ1v) is 21.5. The zero-order valence-corrected chi connectivity index (χ0v) is 33.7. The molecule has 3 nitrogen and oxygen atoms in total. The van der Waals surface area contributed by atoms with E-state index in [1.165, 1.54) is 40.3 Å². The molecule has 280 valence electrons. The Balaban J connectivity index is 1.25. The van der Waals surface area contributed by atoms with Gasteiger partial charge in [-0.05, 0) is 97.1 Å². The van der Waals surface area contributed by atoms with Gasteiger partial charge in [-0.25, -0.2) is 0 Å². The molecule has 2 aromatic heterocycles. The predicted octanol–water partition coefficient (Wildman–Crippen LogP) is 16.8. The smallest absolute Gasteiger partial charge is 0.0661 e. The van der Waals surface area contributed by atoms with E-state index in [0.29, 0.717) is 0 Å². The highest BCUT2D eigenvalue weighted by molar-refractivity contribution is 7.27. The average Bonchev–Trinajstić information content (AvgIpc) is 3.88. The molecule has 11 rings (SSSR count). The normalized spacial score (nSPS) is 11.4. The summed E-state index contributed by atoms with van der Waals surface area (Å²) in [5, 5.41) is 4.97. The van der Waals surface area contributed by atoms with Crippen molar-refractivity contribution in [2.24, 2.45) is 0 Å². The predicted molar refractivity (Wildman–Crippen MR) is 256 cm³/mol. The van der Waals surface area contributed by atoms with Crippen molar-refractivity contribution in [1.82, 2.24) is 0 Å². The number of hydrogen-bond donors (Lipinski definition) is 0. The monoisotopic (exact) mass is 791 g/mol. The Morgan fingerprint density at radius 1 is 0.237 bits per heavy atom. The van der Waals surface area contributed by atoms with Gasteiger partial charge in [0.15, 0.2) is 0 Å². The van der Waals surface area contributed by atoms with E-state index >= 15 is 0 Å². The SMILES string of the molecule is c1ccc(N(c2ccccc2)c2cc(N(c3ccccc3)c3cc(N(c4ccccc4)c4ccccc4)c4sc5ccccc5c4c3)c3sc4ccccc4c3c2)cc1. The highest BCUT2D eigenvalue weighted by atomic mass is 32.1. The molecule has 0 amide bonds. The molecule has 0 aliphatic heterocycles. The number of benzene rings is 9. The van der Waals surface area contributed by atoms with Gasteiger partial charge in [0.05, 0.1) is 20.8 Å². The zero-order chi connectivity index (χ0) is 39.1. The third-order valence-corrected chi connectivity index (χ3v) is 13.4. The van der Waals surface area contributed by atoms with E-state index in [1.54, 1.807) is 0 Å². The second-order valence-electron chi connectivity index (χ2n) is 14.6. The second-order valence-corrected chi connectivity index (χ2v) is 16.7. The number of thiophene rings is 2. The topological polar surface area (TPSA) is 9.72 Å². The van der Waals surface area contributed by atoms with Crippen LogP contribution >= 0.6 is 22.7 Å². The van der Waals surface area contributed by atoms with Crippen LogP contribution in [0.5, 0.6) is 0 Å². The Bertz CT molecular complexity index is 3140. The van der Waals surface area contributed by atoms with E-state index in [4.69, 9.17) is 0 Å². The fourth-order valence-electron chi connectivity index (χ4n) is 8.37. The minimum atomic E-state index is 1.08. The Hall–Kier alpha value is -7.18. The number of nitrogens with zero attached hydrogens (tertiary/aromatic N) is 3. The molecule has 11 aromatic rings. The minimum Gasteiger partial charge on any atom is -0.310 e. The zero-order valence-electron chi connectivity index (χ0n) is 32.0. The summed E-state index contributed by atoms with van der Waals surface area (Å²) in [6, 6.07) is 81.1. The van der Waals surface area contributed by atoms with Crippen molar-refractivity contribution in [3.05, 3.63) is 224 Å². The Morgan fingerprint density at radius 2 is 0.525 bits per heavy atom. The molecule has 0 spiro atoms. The maximum absolute atomic E-state index is 2.49. The van der Waals surface area contributed by atoms with E-state index in [0.717, 1.165) is 51.2 Å². The van der Waals surface area contributed by atoms with Gasteiger partial charge in [0.1, 0.15) is 0 Å². The number of para-hydroxylation sites is 5. The molecule has 0 N–H and O–H groups in total. The third-order valence-electron chi connectivity index (χ3n) is 11.0. The van der Waals surface area contributed by atoms with Gasteiger partial charge in [-0.1, -0.05) is 127 Å². The lowest BCUT2D eigenvalue weighted by Gasteiger charge is -2.31. The molecule has 0 fully saturated rings. The molecule has 0 saturated heterocycles. The first-order valence-electron chi connectivity index (χ1n) is 19.8. The van der Waals surface area contributed by atoms with Gasteiger partial charge in [0.25, 0.3) is 0 Å². The summed E-state index contributed by atoms with van der Waals surface area (Å²) in [5.41, 5.74) is 9.94. The van der Waals surface area contributed by atoms with Crippen molar-refractivity contribution in [3.8, 4) is 0 Å². The van der Waals surface area contributed by atoms with Gasteiger partial charge in [0, 0.05) is 70.8 Å². The van der Waals surface area contributed by atoms with Crippen LogP contribution in [0.25, 0.3) is 40.3 Å². The van der Waals surface area contributed by atoms with Crippen LogP contribution in [0.3, 0.4) is 0 Å². The van der Waals surface area contributed by atoms with Crippen LogP contribution in [0, 0.1) is 0 Å². The summed E-state index contributed by atoms with van der Waals surface area (Å²) in [6.45, 7) is 0. The lowest BCUT2D eigenvalue weighted by Crippen LogP contribution is -2.15. The van der Waals surface area contributed by atoms with Crippen molar-refractivity contribution >= 4 is 114 Å². The number of hydrogen-bond acceptors (Lipinski definition) is 5. The molecular formula is C54H37N3S2. The van der Waals surface area contributed by atoms with E-state index < -0.39 is 0 Å². The highest BCUT2D eigenvalue weighted by Gasteiger charge is 2.26. The fourth-order valence-corrected chi connectivity index (χ4v) is 10.7. The number of rotatable bonds is 9. The van der Waals surface area contributed by atoms with E-state index in [-0.39, 0.29) is 0 Å². The van der Waals surface area contributed by atoms with Gasteiger partial charge in [-0.3, -0.25) is 0 Å². The van der Waals surface area contributed by atoms with Gasteiger partial charge in [0.2, 0.25) is 0 Å². The van der Waals surface area contributed by atoms with Crippen LogP contribution in [-0.2, 0) is 0 Å². The van der Waals surface area contributed by atoms with Crippen molar-refractivity contribution in [2.75, 3.05) is 14.7 Å². The molecule has 0 bridgehead atoms. The van der Waals surface area contributed by atoms with E-state index in [2.05, 4.69) is 239 Å². The summed E-state index contributed by atoms with van der Waals surface area (Å²) in [5.74, 6) is 0. The van der Waals surface area contributed by atoms with E-state index in [1.807, 2.05) is 22.7 Å². The lowest BCUT2D eigenvalue weighted by atomic mass is 10.0. The molecule has 0 aliphatic carbocycles. The van der Waals surface area contributed by atoms with Crippen LogP contribution in [-0.4, -0.2) is 0 Å². The molecule has 0 aliphatic rings. The quantitative estimate of drug-likeness (QED) is 0.144. The maximum atomic E-state index is 2.49. The minimum absolute atomic E-state index is 1.08. The molecule has 0 unspecified atom stereocenters. The fraction of sp³-hybridized carbons (Fsp3) is 0. The second kappa shape index (κ2) is 15.0. The highest BCUT2D eigenvalue weighted by Crippen LogP contribution is 2.52. The van der Waals surface area contributed by atoms with Crippen molar-refractivity contribution in [1.29, 1.82) is 0 Å². The van der Waals surface area contributed by atoms with Crippen LogP contribution in [0.2, 0.25) is 0 Å². The van der Waals surface area contributed by atoms with Gasteiger partial charge in [-0.15, -0.1) is 22.7 Å². The summed E-state index contributed by atoms with van der Waals surface area (Å²) < 4.78 is 5.01. The Labute approximate surface area is 351 Å². The van der Waals surface area contributed by atoms with Gasteiger partial charge >= 0.3 is 0 Å². The summed E-state index contributed by atoms with van der Waals surface area (Å²) in [4.78, 5) is 7.29. The van der Waals surface area contributed by atoms with Crippen molar-refractivity contribution in [2.45, 2.75) is 0 Å². The Morgan fingerprint density at radius 3 is 0.898 bits per heavy atom. The van der Waals surface area contributed by atoms with Crippen LogP contribution in [0.4, 0.5) is 51.2 Å². The summed E-state index contributed by atoms with van der Waals surface area (Å²) >= 11 is 3.72. The molecule has 0 saturated carbocycles. The Kier molecular flexibility index (Phi) is 8.88. The molecule has 2 heterocycles. The maximum Gasteiger partial charge on any atom is 0.0661 e. The van der Waals surface area contributed by atoms with Crippen LogP contribution in [0.15, 0.2) is 224 Å². The molecule has 5 heteroatoms. The van der Waals surface area contributed by atoms with Crippen LogP contribution in [0.1, 0.15) is 0 Å². The lowest BCUT2D eigenvalue weighted by molar-refractivity contribution is 1.26. The van der Waals surface area contributed by atoms with Crippen molar-refractivity contribution < 1.29 is 0 Å². The molecule has 0 atom stereocenters. The van der Waals surface area contributed by atoms with Gasteiger partial charge < -0.3 is 14.7 Å². The molecule has 59 heavy (non-hydrogen) atoms. The number of anilines is 9. The average molecular weight is 792 g/mol. The number of fused-ring (bicyclic) bond motifs is 6. The molecule has 9 aromatic carbocycles. The molecular weight excluding hydrogens is 755 g/mol. The van der Waals surface area contributed by atoms with Gasteiger partial charge in [-0.2, -0.15) is 0 Å². The first kappa shape index (κ1) is 35.0. The summed E-state index contributed by atoms with van der Waals surface area (Å²) in [6.07, 6.45) is 0. The third kappa shape index (κ3) is 6.29. The van der Waals surface area contributed by atoms with Crippen molar-refractivity contribution in [3.63, 3.8) is 0 Å². The summed E-state index contributed by atoms with van der Waals surface area (Å²) in [7, 11) is 0. The first-order chi connectivity index (χ1) is 29.3. The largest absolute Gasteiger partial charge is 0.310 e.